The first-order valence-corrected chi connectivity index (χ1v) is 6.08. The third-order valence-corrected chi connectivity index (χ3v) is 3.00. The number of hydrogen-bond donors (Lipinski definition) is 2. The van der Waals surface area contributed by atoms with Gasteiger partial charge in [0.2, 0.25) is 0 Å². The van der Waals surface area contributed by atoms with E-state index in [4.69, 9.17) is 17.3 Å². The lowest BCUT2D eigenvalue weighted by atomic mass is 10.1. The van der Waals surface area contributed by atoms with Crippen molar-refractivity contribution >= 4 is 28.9 Å². The molecule has 0 bridgehead atoms. The van der Waals surface area contributed by atoms with Crippen molar-refractivity contribution < 1.29 is 13.6 Å². The van der Waals surface area contributed by atoms with Gasteiger partial charge in [0.15, 0.2) is 5.82 Å². The van der Waals surface area contributed by atoms with Gasteiger partial charge in [-0.3, -0.25) is 4.79 Å². The van der Waals surface area contributed by atoms with Crippen LogP contribution in [0, 0.1) is 18.6 Å². The average molecular weight is 297 g/mol. The van der Waals surface area contributed by atoms with E-state index in [1.54, 1.807) is 25.1 Å². The van der Waals surface area contributed by atoms with Crippen molar-refractivity contribution in [3.8, 4) is 0 Å². The molecule has 0 aliphatic carbocycles. The summed E-state index contributed by atoms with van der Waals surface area (Å²) in [4.78, 5) is 12.1. The Morgan fingerprint density at radius 2 is 1.95 bits per heavy atom. The Morgan fingerprint density at radius 1 is 1.25 bits per heavy atom. The summed E-state index contributed by atoms with van der Waals surface area (Å²) in [5.74, 6) is -2.38. The number of nitrogen functional groups attached to an aromatic ring is 1. The van der Waals surface area contributed by atoms with Crippen molar-refractivity contribution in [1.82, 2.24) is 0 Å². The predicted molar refractivity (Wildman–Crippen MR) is 74.9 cm³/mol. The molecule has 0 aliphatic heterocycles. The summed E-state index contributed by atoms with van der Waals surface area (Å²) in [6.45, 7) is 1.79. The minimum atomic E-state index is -0.949. The fourth-order valence-corrected chi connectivity index (χ4v) is 1.95. The zero-order valence-electron chi connectivity index (χ0n) is 10.5. The van der Waals surface area contributed by atoms with Gasteiger partial charge in [0, 0.05) is 11.8 Å². The Balaban J connectivity index is 2.35. The van der Waals surface area contributed by atoms with Crippen molar-refractivity contribution in [3.05, 3.63) is 58.1 Å². The fourth-order valence-electron chi connectivity index (χ4n) is 1.71. The first-order valence-electron chi connectivity index (χ1n) is 5.70. The maximum Gasteiger partial charge on any atom is 0.257 e. The minimum absolute atomic E-state index is 0.199. The van der Waals surface area contributed by atoms with Gasteiger partial charge in [-0.2, -0.15) is 0 Å². The molecule has 0 unspecified atom stereocenters. The SMILES string of the molecule is Cc1ccc(N)c(C(=O)Nc2c(F)cc(F)cc2Cl)c1. The molecule has 2 aromatic carbocycles. The zero-order chi connectivity index (χ0) is 14.9. The van der Waals surface area contributed by atoms with E-state index in [0.717, 1.165) is 11.6 Å². The second-order valence-corrected chi connectivity index (χ2v) is 4.70. The highest BCUT2D eigenvalue weighted by atomic mass is 35.5. The summed E-state index contributed by atoms with van der Waals surface area (Å²) < 4.78 is 26.5. The van der Waals surface area contributed by atoms with E-state index < -0.39 is 17.5 Å². The van der Waals surface area contributed by atoms with Crippen LogP contribution in [0.15, 0.2) is 30.3 Å². The largest absolute Gasteiger partial charge is 0.398 e. The summed E-state index contributed by atoms with van der Waals surface area (Å²) >= 11 is 5.71. The molecule has 0 radical (unpaired) electrons. The van der Waals surface area contributed by atoms with E-state index in [1.165, 1.54) is 0 Å². The highest BCUT2D eigenvalue weighted by molar-refractivity contribution is 6.34. The molecule has 3 nitrogen and oxygen atoms in total. The number of aryl methyl sites for hydroxylation is 1. The number of halogens is 3. The van der Waals surface area contributed by atoms with Crippen LogP contribution >= 0.6 is 11.6 Å². The Bertz CT molecular complexity index is 666. The molecule has 0 aromatic heterocycles. The van der Waals surface area contributed by atoms with Gasteiger partial charge in [-0.1, -0.05) is 23.2 Å². The topological polar surface area (TPSA) is 55.1 Å². The fraction of sp³-hybridized carbons (Fsp3) is 0.0714. The molecule has 3 N–H and O–H groups in total. The third-order valence-electron chi connectivity index (χ3n) is 2.70. The molecule has 104 valence electrons. The molecule has 0 spiro atoms. The van der Waals surface area contributed by atoms with Crippen LogP contribution < -0.4 is 11.1 Å². The normalized spacial score (nSPS) is 10.4. The van der Waals surface area contributed by atoms with E-state index >= 15 is 0 Å². The monoisotopic (exact) mass is 296 g/mol. The molecular weight excluding hydrogens is 286 g/mol. The highest BCUT2D eigenvalue weighted by Crippen LogP contribution is 2.27. The summed E-state index contributed by atoms with van der Waals surface area (Å²) in [7, 11) is 0. The maximum atomic E-state index is 13.6. The summed E-state index contributed by atoms with van der Waals surface area (Å²) in [6.07, 6.45) is 0. The van der Waals surface area contributed by atoms with Crippen LogP contribution in [0.3, 0.4) is 0 Å². The van der Waals surface area contributed by atoms with E-state index in [2.05, 4.69) is 5.32 Å². The molecule has 6 heteroatoms. The quantitative estimate of drug-likeness (QED) is 0.829. The number of rotatable bonds is 2. The van der Waals surface area contributed by atoms with Crippen molar-refractivity contribution in [2.75, 3.05) is 11.1 Å². The first kappa shape index (κ1) is 14.3. The van der Waals surface area contributed by atoms with Crippen molar-refractivity contribution in [3.63, 3.8) is 0 Å². The number of nitrogens with two attached hydrogens (primary N) is 1. The number of hydrogen-bond acceptors (Lipinski definition) is 2. The third kappa shape index (κ3) is 2.88. The van der Waals surface area contributed by atoms with Gasteiger partial charge >= 0.3 is 0 Å². The summed E-state index contributed by atoms with van der Waals surface area (Å²) in [5, 5.41) is 2.08. The number of carbonyl (C=O) groups excluding carboxylic acids is 1. The predicted octanol–water partition coefficient (Wildman–Crippen LogP) is 3.76. The van der Waals surface area contributed by atoms with Crippen LogP contribution in [-0.4, -0.2) is 5.91 Å². The summed E-state index contributed by atoms with van der Waals surface area (Å²) in [6, 6.07) is 6.45. The van der Waals surface area contributed by atoms with Crippen molar-refractivity contribution in [2.24, 2.45) is 0 Å². The number of nitrogens with one attached hydrogen (secondary N) is 1. The molecule has 0 saturated heterocycles. The molecular formula is C14H11ClF2N2O. The molecule has 0 aliphatic rings. The van der Waals surface area contributed by atoms with Gasteiger partial charge in [-0.15, -0.1) is 0 Å². The van der Waals surface area contributed by atoms with E-state index in [1.807, 2.05) is 0 Å². The molecule has 0 fully saturated rings. The van der Waals surface area contributed by atoms with Crippen LogP contribution in [0.4, 0.5) is 20.2 Å². The molecule has 0 heterocycles. The number of carbonyl (C=O) groups is 1. The van der Waals surface area contributed by atoms with Crippen LogP contribution in [0.2, 0.25) is 5.02 Å². The standard InChI is InChI=1S/C14H11ClF2N2O/c1-7-2-3-12(18)9(4-7)14(20)19-13-10(15)5-8(16)6-11(13)17/h2-6H,18H2,1H3,(H,19,20). The second kappa shape index (κ2) is 5.46. The van der Waals surface area contributed by atoms with Crippen LogP contribution in [0.25, 0.3) is 0 Å². The second-order valence-electron chi connectivity index (χ2n) is 4.29. The Labute approximate surface area is 119 Å². The molecule has 2 rings (SSSR count). The highest BCUT2D eigenvalue weighted by Gasteiger charge is 2.16. The van der Waals surface area contributed by atoms with Gasteiger partial charge in [0.05, 0.1) is 16.3 Å². The van der Waals surface area contributed by atoms with Crippen LogP contribution in [-0.2, 0) is 0 Å². The smallest absolute Gasteiger partial charge is 0.257 e. The summed E-state index contributed by atoms with van der Waals surface area (Å²) in [5.41, 5.74) is 6.70. The minimum Gasteiger partial charge on any atom is -0.398 e. The molecule has 0 saturated carbocycles. The van der Waals surface area contributed by atoms with Crippen molar-refractivity contribution in [2.45, 2.75) is 6.92 Å². The lowest BCUT2D eigenvalue weighted by Gasteiger charge is -2.10. The van der Waals surface area contributed by atoms with Gasteiger partial charge in [-0.25, -0.2) is 8.78 Å². The maximum absolute atomic E-state index is 13.6. The van der Waals surface area contributed by atoms with Crippen molar-refractivity contribution in [1.29, 1.82) is 0 Å². The van der Waals surface area contributed by atoms with E-state index in [0.29, 0.717) is 6.07 Å². The molecule has 1 amide bonds. The first-order chi connectivity index (χ1) is 9.38. The van der Waals surface area contributed by atoms with Crippen LogP contribution in [0.5, 0.6) is 0 Å². The Hall–Kier alpha value is -2.14. The Morgan fingerprint density at radius 3 is 2.60 bits per heavy atom. The number of anilines is 2. The Kier molecular flexibility index (Phi) is 3.90. The van der Waals surface area contributed by atoms with Gasteiger partial charge < -0.3 is 11.1 Å². The van der Waals surface area contributed by atoms with Gasteiger partial charge in [0.1, 0.15) is 5.82 Å². The van der Waals surface area contributed by atoms with E-state index in [9.17, 15) is 13.6 Å². The number of amides is 1. The molecule has 2 aromatic rings. The molecule has 0 atom stereocenters. The van der Waals surface area contributed by atoms with E-state index in [-0.39, 0.29) is 22.0 Å². The van der Waals surface area contributed by atoms with Crippen LogP contribution in [0.1, 0.15) is 15.9 Å². The molecule has 20 heavy (non-hydrogen) atoms. The average Bonchev–Trinajstić information content (AvgIpc) is 2.36. The number of benzene rings is 2. The van der Waals surface area contributed by atoms with Gasteiger partial charge in [-0.05, 0) is 25.1 Å². The zero-order valence-corrected chi connectivity index (χ0v) is 11.3. The lowest BCUT2D eigenvalue weighted by molar-refractivity contribution is 0.102. The lowest BCUT2D eigenvalue weighted by Crippen LogP contribution is -2.15. The van der Waals surface area contributed by atoms with Gasteiger partial charge in [0.25, 0.3) is 5.91 Å².